The van der Waals surface area contributed by atoms with E-state index in [1.807, 2.05) is 19.2 Å². The molecule has 0 unspecified atom stereocenters. The van der Waals surface area contributed by atoms with Crippen LogP contribution in [0.2, 0.25) is 0 Å². The van der Waals surface area contributed by atoms with Gasteiger partial charge in [-0.2, -0.15) is 0 Å². The summed E-state index contributed by atoms with van der Waals surface area (Å²) in [6.45, 7) is 4.57. The molecule has 6 heteroatoms. The van der Waals surface area contributed by atoms with Crippen LogP contribution < -0.4 is 9.47 Å². The van der Waals surface area contributed by atoms with Gasteiger partial charge in [0.15, 0.2) is 11.5 Å². The van der Waals surface area contributed by atoms with Crippen molar-refractivity contribution in [2.75, 3.05) is 46.4 Å². The Labute approximate surface area is 177 Å². The standard InChI is InChI=1S/C24H29FN2O3/c1-26(24(28)20-8-9-22-23(15-20)30-14-13-29-22)16-18-5-4-11-27(17-18)12-10-19-6-2-3-7-21(19)25/h2-3,6-9,15,18H,4-5,10-14,16-17H2,1H3/t18-/m0/s1. The van der Waals surface area contributed by atoms with Gasteiger partial charge >= 0.3 is 0 Å². The number of piperidine rings is 1. The molecule has 0 N–H and O–H groups in total. The Bertz CT molecular complexity index is 889. The predicted octanol–water partition coefficient (Wildman–Crippen LogP) is 3.62. The number of amides is 1. The number of halogens is 1. The Balaban J connectivity index is 1.31. The fraction of sp³-hybridized carbons (Fsp3) is 0.458. The zero-order valence-electron chi connectivity index (χ0n) is 17.5. The Morgan fingerprint density at radius 2 is 1.97 bits per heavy atom. The highest BCUT2D eigenvalue weighted by Gasteiger charge is 2.24. The van der Waals surface area contributed by atoms with Gasteiger partial charge in [0.05, 0.1) is 0 Å². The summed E-state index contributed by atoms with van der Waals surface area (Å²) in [6, 6.07) is 12.4. The Hall–Kier alpha value is -2.60. The third-order valence-corrected chi connectivity index (χ3v) is 5.93. The van der Waals surface area contributed by atoms with Crippen LogP contribution in [-0.2, 0) is 6.42 Å². The van der Waals surface area contributed by atoms with Crippen molar-refractivity contribution in [3.8, 4) is 11.5 Å². The Morgan fingerprint density at radius 3 is 2.80 bits per heavy atom. The van der Waals surface area contributed by atoms with Crippen molar-refractivity contribution in [2.45, 2.75) is 19.3 Å². The van der Waals surface area contributed by atoms with Gasteiger partial charge in [0.25, 0.3) is 5.91 Å². The van der Waals surface area contributed by atoms with E-state index in [9.17, 15) is 9.18 Å². The second-order valence-electron chi connectivity index (χ2n) is 8.19. The second-order valence-corrected chi connectivity index (χ2v) is 8.19. The summed E-state index contributed by atoms with van der Waals surface area (Å²) >= 11 is 0. The minimum atomic E-state index is -0.129. The van der Waals surface area contributed by atoms with Gasteiger partial charge in [0.1, 0.15) is 19.0 Å². The molecule has 4 rings (SSSR count). The number of hydrogen-bond acceptors (Lipinski definition) is 4. The van der Waals surface area contributed by atoms with E-state index in [2.05, 4.69) is 4.90 Å². The number of carbonyl (C=O) groups is 1. The minimum Gasteiger partial charge on any atom is -0.486 e. The molecule has 0 saturated carbocycles. The van der Waals surface area contributed by atoms with Gasteiger partial charge in [0, 0.05) is 32.2 Å². The molecule has 0 aromatic heterocycles. The molecule has 2 aromatic rings. The lowest BCUT2D eigenvalue weighted by atomic mass is 9.96. The fourth-order valence-electron chi connectivity index (χ4n) is 4.35. The number of likely N-dealkylation sites (tertiary alicyclic amines) is 1. The first-order valence-electron chi connectivity index (χ1n) is 10.7. The van der Waals surface area contributed by atoms with Gasteiger partial charge in [-0.15, -0.1) is 0 Å². The van der Waals surface area contributed by atoms with Crippen LogP contribution in [-0.4, -0.2) is 62.1 Å². The molecule has 1 fully saturated rings. The molecule has 1 amide bonds. The second kappa shape index (κ2) is 9.47. The number of fused-ring (bicyclic) bond motifs is 1. The third-order valence-electron chi connectivity index (χ3n) is 5.93. The number of hydrogen-bond donors (Lipinski definition) is 0. The van der Waals surface area contributed by atoms with Crippen LogP contribution in [0, 0.1) is 11.7 Å². The van der Waals surface area contributed by atoms with Gasteiger partial charge in [-0.1, -0.05) is 18.2 Å². The lowest BCUT2D eigenvalue weighted by Gasteiger charge is -2.34. The highest BCUT2D eigenvalue weighted by molar-refractivity contribution is 5.94. The van der Waals surface area contributed by atoms with Gasteiger partial charge < -0.3 is 19.3 Å². The molecule has 2 aliphatic rings. The smallest absolute Gasteiger partial charge is 0.253 e. The molecule has 2 aromatic carbocycles. The minimum absolute atomic E-state index is 0.00421. The third kappa shape index (κ3) is 4.93. The molecule has 30 heavy (non-hydrogen) atoms. The van der Waals surface area contributed by atoms with Crippen molar-refractivity contribution >= 4 is 5.91 Å². The molecule has 1 saturated heterocycles. The first-order valence-corrected chi connectivity index (χ1v) is 10.7. The lowest BCUT2D eigenvalue weighted by molar-refractivity contribution is 0.0729. The molecular weight excluding hydrogens is 383 g/mol. The maximum absolute atomic E-state index is 13.9. The van der Waals surface area contributed by atoms with E-state index in [4.69, 9.17) is 9.47 Å². The summed E-state index contributed by atoms with van der Waals surface area (Å²) in [5.41, 5.74) is 1.39. The quantitative estimate of drug-likeness (QED) is 0.727. The van der Waals surface area contributed by atoms with Crippen LogP contribution in [0.1, 0.15) is 28.8 Å². The first-order chi connectivity index (χ1) is 14.6. The van der Waals surface area contributed by atoms with Crippen molar-refractivity contribution < 1.29 is 18.7 Å². The van der Waals surface area contributed by atoms with E-state index >= 15 is 0 Å². The zero-order chi connectivity index (χ0) is 20.9. The van der Waals surface area contributed by atoms with E-state index in [-0.39, 0.29) is 11.7 Å². The molecule has 0 spiro atoms. The molecule has 0 radical (unpaired) electrons. The molecular formula is C24H29FN2O3. The van der Waals surface area contributed by atoms with Crippen LogP contribution in [0.5, 0.6) is 11.5 Å². The highest BCUT2D eigenvalue weighted by Crippen LogP contribution is 2.31. The summed E-state index contributed by atoms with van der Waals surface area (Å²) in [6.07, 6.45) is 2.92. The first kappa shape index (κ1) is 20.7. The molecule has 5 nitrogen and oxygen atoms in total. The maximum atomic E-state index is 13.9. The van der Waals surface area contributed by atoms with E-state index in [1.54, 1.807) is 29.2 Å². The van der Waals surface area contributed by atoms with E-state index in [1.165, 1.54) is 6.07 Å². The molecule has 0 aliphatic carbocycles. The maximum Gasteiger partial charge on any atom is 0.253 e. The van der Waals surface area contributed by atoms with Crippen LogP contribution in [0.25, 0.3) is 0 Å². The highest BCUT2D eigenvalue weighted by atomic mass is 19.1. The molecule has 160 valence electrons. The molecule has 2 aliphatic heterocycles. The average Bonchev–Trinajstić information content (AvgIpc) is 2.78. The monoisotopic (exact) mass is 412 g/mol. The fourth-order valence-corrected chi connectivity index (χ4v) is 4.35. The van der Waals surface area contributed by atoms with Crippen molar-refractivity contribution in [1.29, 1.82) is 0 Å². The van der Waals surface area contributed by atoms with Gasteiger partial charge in [0.2, 0.25) is 0 Å². The summed E-state index contributed by atoms with van der Waals surface area (Å²) in [5.74, 6) is 1.62. The number of ether oxygens (including phenoxy) is 2. The Kier molecular flexibility index (Phi) is 6.53. The summed E-state index contributed by atoms with van der Waals surface area (Å²) < 4.78 is 25.0. The van der Waals surface area contributed by atoms with Crippen LogP contribution in [0.4, 0.5) is 4.39 Å². The SMILES string of the molecule is CN(C[C@@H]1CCCN(CCc2ccccc2F)C1)C(=O)c1ccc2c(c1)OCCO2. The van der Waals surface area contributed by atoms with Crippen LogP contribution >= 0.6 is 0 Å². The predicted molar refractivity (Wildman–Crippen MR) is 114 cm³/mol. The van der Waals surface area contributed by atoms with Crippen molar-refractivity contribution in [1.82, 2.24) is 9.80 Å². The normalized spacial score (nSPS) is 18.8. The molecule has 0 bridgehead atoms. The van der Waals surface area contributed by atoms with Crippen molar-refractivity contribution in [3.05, 3.63) is 59.4 Å². The number of nitrogens with zero attached hydrogens (tertiary/aromatic N) is 2. The van der Waals surface area contributed by atoms with Crippen molar-refractivity contribution in [2.24, 2.45) is 5.92 Å². The van der Waals surface area contributed by atoms with Gasteiger partial charge in [-0.3, -0.25) is 4.79 Å². The summed E-state index contributed by atoms with van der Waals surface area (Å²) in [5, 5.41) is 0. The topological polar surface area (TPSA) is 42.0 Å². The van der Waals surface area contributed by atoms with Crippen LogP contribution in [0.3, 0.4) is 0 Å². The number of carbonyl (C=O) groups excluding carboxylic acids is 1. The zero-order valence-corrected chi connectivity index (χ0v) is 17.5. The molecule has 2 heterocycles. The van der Waals surface area contributed by atoms with Gasteiger partial charge in [-0.25, -0.2) is 4.39 Å². The number of rotatable bonds is 6. The Morgan fingerprint density at radius 1 is 1.17 bits per heavy atom. The molecule has 1 atom stereocenters. The van der Waals surface area contributed by atoms with Gasteiger partial charge in [-0.05, 0) is 61.6 Å². The number of benzene rings is 2. The average molecular weight is 413 g/mol. The van der Waals surface area contributed by atoms with E-state index in [0.29, 0.717) is 49.2 Å². The van der Waals surface area contributed by atoms with E-state index < -0.39 is 0 Å². The lowest BCUT2D eigenvalue weighted by Crippen LogP contribution is -2.42. The largest absolute Gasteiger partial charge is 0.486 e. The van der Waals surface area contributed by atoms with Crippen molar-refractivity contribution in [3.63, 3.8) is 0 Å². The summed E-state index contributed by atoms with van der Waals surface area (Å²) in [7, 11) is 1.86. The summed E-state index contributed by atoms with van der Waals surface area (Å²) in [4.78, 5) is 17.1. The van der Waals surface area contributed by atoms with Crippen LogP contribution in [0.15, 0.2) is 42.5 Å². The van der Waals surface area contributed by atoms with E-state index in [0.717, 1.165) is 38.0 Å².